The van der Waals surface area contributed by atoms with Crippen molar-refractivity contribution in [1.82, 2.24) is 4.31 Å². The minimum atomic E-state index is -4.83. The van der Waals surface area contributed by atoms with Crippen molar-refractivity contribution in [2.24, 2.45) is 0 Å². The van der Waals surface area contributed by atoms with Gasteiger partial charge in [0.2, 0.25) is 10.0 Å². The average molecular weight is 420 g/mol. The molecular formula is C18H17ClF3NO3S. The van der Waals surface area contributed by atoms with Crippen molar-refractivity contribution in [3.63, 3.8) is 0 Å². The Hall–Kier alpha value is -1.77. The van der Waals surface area contributed by atoms with Crippen molar-refractivity contribution >= 4 is 21.6 Å². The Morgan fingerprint density at radius 1 is 1.15 bits per heavy atom. The zero-order valence-corrected chi connectivity index (χ0v) is 15.9. The van der Waals surface area contributed by atoms with Crippen LogP contribution in [0.5, 0.6) is 5.75 Å². The van der Waals surface area contributed by atoms with E-state index in [-0.39, 0.29) is 11.6 Å². The van der Waals surface area contributed by atoms with Gasteiger partial charge in [0.25, 0.3) is 0 Å². The van der Waals surface area contributed by atoms with Crippen molar-refractivity contribution in [1.29, 1.82) is 0 Å². The number of methoxy groups -OCH3 is 1. The maximum Gasteiger partial charge on any atom is 0.417 e. The second-order valence-electron chi connectivity index (χ2n) is 6.19. The molecule has 0 spiro atoms. The van der Waals surface area contributed by atoms with Gasteiger partial charge >= 0.3 is 6.18 Å². The van der Waals surface area contributed by atoms with Crippen LogP contribution in [0.1, 0.15) is 30.0 Å². The molecule has 27 heavy (non-hydrogen) atoms. The third kappa shape index (κ3) is 3.93. The van der Waals surface area contributed by atoms with Gasteiger partial charge in [0.05, 0.1) is 23.6 Å². The lowest BCUT2D eigenvalue weighted by molar-refractivity contribution is -0.139. The van der Waals surface area contributed by atoms with Crippen LogP contribution < -0.4 is 4.74 Å². The van der Waals surface area contributed by atoms with Crippen LogP contribution in [0.4, 0.5) is 13.2 Å². The van der Waals surface area contributed by atoms with Crippen LogP contribution in [-0.4, -0.2) is 26.4 Å². The average Bonchev–Trinajstić information content (AvgIpc) is 3.11. The fraction of sp³-hybridized carbons (Fsp3) is 0.333. The standard InChI is InChI=1S/C18H17ClF3NO3S/c1-26-14-7-4-12(5-8-14)16-3-2-10-23(16)27(24,25)17-9-6-13(19)11-15(17)18(20,21)22/h4-9,11,16H,2-3,10H2,1H3. The molecule has 146 valence electrons. The highest BCUT2D eigenvalue weighted by Gasteiger charge is 2.42. The highest BCUT2D eigenvalue weighted by Crippen LogP contribution is 2.41. The van der Waals surface area contributed by atoms with Crippen LogP contribution >= 0.6 is 11.6 Å². The molecule has 1 heterocycles. The number of halogens is 4. The zero-order valence-electron chi connectivity index (χ0n) is 14.3. The van der Waals surface area contributed by atoms with Crippen LogP contribution in [0.15, 0.2) is 47.4 Å². The summed E-state index contributed by atoms with van der Waals surface area (Å²) in [4.78, 5) is -0.778. The fourth-order valence-corrected chi connectivity index (χ4v) is 5.31. The van der Waals surface area contributed by atoms with Crippen molar-refractivity contribution in [3.8, 4) is 5.75 Å². The monoisotopic (exact) mass is 419 g/mol. The Bertz CT molecular complexity index is 930. The number of sulfonamides is 1. The predicted octanol–water partition coefficient (Wildman–Crippen LogP) is 4.89. The van der Waals surface area contributed by atoms with E-state index in [9.17, 15) is 21.6 Å². The molecule has 1 aliphatic heterocycles. The molecule has 0 radical (unpaired) electrons. The van der Waals surface area contributed by atoms with E-state index < -0.39 is 32.7 Å². The number of hydrogen-bond donors (Lipinski definition) is 0. The van der Waals surface area contributed by atoms with Gasteiger partial charge in [-0.05, 0) is 48.7 Å². The van der Waals surface area contributed by atoms with Crippen molar-refractivity contribution in [3.05, 3.63) is 58.6 Å². The quantitative estimate of drug-likeness (QED) is 0.708. The minimum absolute atomic E-state index is 0.152. The van der Waals surface area contributed by atoms with Gasteiger partial charge in [-0.2, -0.15) is 17.5 Å². The summed E-state index contributed by atoms with van der Waals surface area (Å²) in [6, 6.07) is 9.04. The largest absolute Gasteiger partial charge is 0.497 e. The van der Waals surface area contributed by atoms with Crippen LogP contribution in [0.25, 0.3) is 0 Å². The highest BCUT2D eigenvalue weighted by molar-refractivity contribution is 7.89. The summed E-state index contributed by atoms with van der Waals surface area (Å²) in [5.41, 5.74) is -0.547. The normalized spacial score (nSPS) is 18.6. The summed E-state index contributed by atoms with van der Waals surface area (Å²) < 4.78 is 72.6. The summed E-state index contributed by atoms with van der Waals surface area (Å²) in [5, 5.41) is -0.172. The molecule has 0 N–H and O–H groups in total. The summed E-state index contributed by atoms with van der Waals surface area (Å²) in [5.74, 6) is 0.614. The molecule has 1 atom stereocenters. The maximum atomic E-state index is 13.4. The number of nitrogens with zero attached hydrogens (tertiary/aromatic N) is 1. The molecule has 2 aromatic carbocycles. The van der Waals surface area contributed by atoms with E-state index in [1.165, 1.54) is 7.11 Å². The number of benzene rings is 2. The highest BCUT2D eigenvalue weighted by atomic mass is 35.5. The van der Waals surface area contributed by atoms with E-state index in [1.807, 2.05) is 0 Å². The van der Waals surface area contributed by atoms with Crippen LogP contribution in [0.3, 0.4) is 0 Å². The Labute approximate surface area is 160 Å². The molecule has 1 aliphatic rings. The van der Waals surface area contributed by atoms with Crippen LogP contribution in [-0.2, 0) is 16.2 Å². The number of rotatable bonds is 4. The first-order chi connectivity index (χ1) is 12.6. The summed E-state index contributed by atoms with van der Waals surface area (Å²) in [6.07, 6.45) is -3.74. The number of ether oxygens (including phenoxy) is 1. The van der Waals surface area contributed by atoms with Gasteiger partial charge in [0, 0.05) is 11.6 Å². The van der Waals surface area contributed by atoms with E-state index in [0.29, 0.717) is 30.2 Å². The third-order valence-electron chi connectivity index (χ3n) is 4.54. The minimum Gasteiger partial charge on any atom is -0.497 e. The number of hydrogen-bond acceptors (Lipinski definition) is 3. The predicted molar refractivity (Wildman–Crippen MR) is 95.3 cm³/mol. The molecule has 9 heteroatoms. The van der Waals surface area contributed by atoms with Crippen molar-refractivity contribution in [2.45, 2.75) is 30.0 Å². The third-order valence-corrected chi connectivity index (χ3v) is 6.74. The van der Waals surface area contributed by atoms with E-state index in [4.69, 9.17) is 16.3 Å². The summed E-state index contributed by atoms with van der Waals surface area (Å²) >= 11 is 5.67. The van der Waals surface area contributed by atoms with Crippen LogP contribution in [0.2, 0.25) is 5.02 Å². The molecule has 0 aromatic heterocycles. The van der Waals surface area contributed by atoms with Gasteiger partial charge in [-0.15, -0.1) is 0 Å². The van der Waals surface area contributed by atoms with Crippen molar-refractivity contribution < 1.29 is 26.3 Å². The maximum absolute atomic E-state index is 13.4. The first-order valence-electron chi connectivity index (χ1n) is 8.17. The molecule has 0 saturated carbocycles. The number of alkyl halides is 3. The fourth-order valence-electron chi connectivity index (χ4n) is 3.26. The molecule has 2 aromatic rings. The molecule has 0 amide bonds. The van der Waals surface area contributed by atoms with E-state index in [1.54, 1.807) is 24.3 Å². The summed E-state index contributed by atoms with van der Waals surface area (Å²) in [6.45, 7) is 0.152. The lowest BCUT2D eigenvalue weighted by atomic mass is 10.1. The lowest BCUT2D eigenvalue weighted by Gasteiger charge is -2.26. The van der Waals surface area contributed by atoms with Gasteiger partial charge in [0.15, 0.2) is 0 Å². The first kappa shape index (κ1) is 20.0. The molecule has 1 unspecified atom stereocenters. The van der Waals surface area contributed by atoms with Gasteiger partial charge in [-0.1, -0.05) is 23.7 Å². The molecule has 0 aliphatic carbocycles. The molecular weight excluding hydrogens is 403 g/mol. The SMILES string of the molecule is COc1ccc(C2CCCN2S(=O)(=O)c2ccc(Cl)cc2C(F)(F)F)cc1. The second-order valence-corrected chi connectivity index (χ2v) is 8.48. The van der Waals surface area contributed by atoms with Gasteiger partial charge in [0.1, 0.15) is 5.75 Å². The van der Waals surface area contributed by atoms with Crippen molar-refractivity contribution in [2.75, 3.05) is 13.7 Å². The second kappa shape index (κ2) is 7.33. The Morgan fingerprint density at radius 3 is 2.41 bits per heavy atom. The first-order valence-corrected chi connectivity index (χ1v) is 9.99. The zero-order chi connectivity index (χ0) is 19.8. The Kier molecular flexibility index (Phi) is 5.42. The van der Waals surface area contributed by atoms with E-state index >= 15 is 0 Å². The van der Waals surface area contributed by atoms with E-state index in [0.717, 1.165) is 16.4 Å². The molecule has 0 bridgehead atoms. The van der Waals surface area contributed by atoms with Gasteiger partial charge < -0.3 is 4.74 Å². The van der Waals surface area contributed by atoms with Crippen LogP contribution in [0, 0.1) is 0 Å². The topological polar surface area (TPSA) is 46.6 Å². The van der Waals surface area contributed by atoms with E-state index in [2.05, 4.69) is 0 Å². The molecule has 4 nitrogen and oxygen atoms in total. The lowest BCUT2D eigenvalue weighted by Crippen LogP contribution is -2.32. The molecule has 1 saturated heterocycles. The smallest absolute Gasteiger partial charge is 0.417 e. The summed E-state index contributed by atoms with van der Waals surface area (Å²) in [7, 11) is -2.84. The molecule has 3 rings (SSSR count). The van der Waals surface area contributed by atoms with Gasteiger partial charge in [-0.25, -0.2) is 8.42 Å². The molecule has 1 fully saturated rings. The Balaban J connectivity index is 2.04. The Morgan fingerprint density at radius 2 is 1.81 bits per heavy atom. The van der Waals surface area contributed by atoms with Gasteiger partial charge in [-0.3, -0.25) is 0 Å².